The second kappa shape index (κ2) is 6.28. The van der Waals surface area contributed by atoms with Crippen molar-refractivity contribution in [2.24, 2.45) is 11.7 Å². The minimum absolute atomic E-state index is 0.636. The number of nitriles is 1. The largest absolute Gasteiger partial charge is 0.314 e. The summed E-state index contributed by atoms with van der Waals surface area (Å²) >= 11 is 1.90. The van der Waals surface area contributed by atoms with Gasteiger partial charge in [-0.05, 0) is 30.8 Å². The van der Waals surface area contributed by atoms with Crippen LogP contribution in [0.1, 0.15) is 33.6 Å². The van der Waals surface area contributed by atoms with Crippen molar-refractivity contribution in [1.82, 2.24) is 0 Å². The first-order valence-corrected chi connectivity index (χ1v) is 5.95. The summed E-state index contributed by atoms with van der Waals surface area (Å²) in [6.07, 6.45) is 2.01. The summed E-state index contributed by atoms with van der Waals surface area (Å²) in [6.45, 7) is 6.24. The molecule has 2 unspecified atom stereocenters. The number of hydrogen-bond acceptors (Lipinski definition) is 3. The SMILES string of the molecule is CCC(C)CSCCC(C)(N)C#N. The number of rotatable bonds is 6. The molecule has 0 aliphatic carbocycles. The van der Waals surface area contributed by atoms with Crippen molar-refractivity contribution in [2.75, 3.05) is 11.5 Å². The Labute approximate surface area is 85.9 Å². The lowest BCUT2D eigenvalue weighted by molar-refractivity contribution is 0.581. The molecule has 0 saturated heterocycles. The van der Waals surface area contributed by atoms with Crippen molar-refractivity contribution >= 4 is 11.8 Å². The summed E-state index contributed by atoms with van der Waals surface area (Å²) in [5.41, 5.74) is 5.05. The number of nitrogens with zero attached hydrogens (tertiary/aromatic N) is 1. The summed E-state index contributed by atoms with van der Waals surface area (Å²) in [6, 6.07) is 2.11. The normalized spacial score (nSPS) is 17.5. The van der Waals surface area contributed by atoms with Gasteiger partial charge in [0.15, 0.2) is 0 Å². The zero-order valence-corrected chi connectivity index (χ0v) is 9.66. The fraction of sp³-hybridized carbons (Fsp3) is 0.900. The lowest BCUT2D eigenvalue weighted by atomic mass is 10.0. The van der Waals surface area contributed by atoms with Gasteiger partial charge in [0.2, 0.25) is 0 Å². The molecule has 0 rings (SSSR count). The van der Waals surface area contributed by atoms with Crippen LogP contribution in [-0.2, 0) is 0 Å². The molecule has 0 aliphatic heterocycles. The predicted molar refractivity (Wildman–Crippen MR) is 59.6 cm³/mol. The van der Waals surface area contributed by atoms with E-state index in [-0.39, 0.29) is 0 Å². The monoisotopic (exact) mass is 200 g/mol. The molecule has 0 spiro atoms. The molecule has 13 heavy (non-hydrogen) atoms. The van der Waals surface area contributed by atoms with Gasteiger partial charge in [-0.3, -0.25) is 0 Å². The Morgan fingerprint density at radius 3 is 2.69 bits per heavy atom. The van der Waals surface area contributed by atoms with Crippen LogP contribution in [0.2, 0.25) is 0 Å². The van der Waals surface area contributed by atoms with Gasteiger partial charge in [-0.1, -0.05) is 20.3 Å². The highest BCUT2D eigenvalue weighted by molar-refractivity contribution is 7.99. The molecule has 0 amide bonds. The van der Waals surface area contributed by atoms with E-state index in [1.165, 1.54) is 12.2 Å². The Morgan fingerprint density at radius 2 is 2.23 bits per heavy atom. The highest BCUT2D eigenvalue weighted by Gasteiger charge is 2.16. The maximum atomic E-state index is 8.66. The van der Waals surface area contributed by atoms with Crippen LogP contribution >= 0.6 is 11.8 Å². The van der Waals surface area contributed by atoms with Gasteiger partial charge < -0.3 is 5.73 Å². The molecule has 0 aromatic heterocycles. The summed E-state index contributed by atoms with van der Waals surface area (Å²) in [7, 11) is 0. The van der Waals surface area contributed by atoms with Gasteiger partial charge in [-0.15, -0.1) is 0 Å². The van der Waals surface area contributed by atoms with Crippen LogP contribution in [0.3, 0.4) is 0 Å². The van der Waals surface area contributed by atoms with E-state index in [4.69, 9.17) is 11.0 Å². The molecule has 2 nitrogen and oxygen atoms in total. The van der Waals surface area contributed by atoms with Crippen LogP contribution in [0.25, 0.3) is 0 Å². The first kappa shape index (κ1) is 12.8. The van der Waals surface area contributed by atoms with E-state index in [0.717, 1.165) is 18.1 Å². The van der Waals surface area contributed by atoms with Gasteiger partial charge in [0.05, 0.1) is 6.07 Å². The molecule has 0 aliphatic rings. The predicted octanol–water partition coefficient (Wildman–Crippen LogP) is 2.40. The van der Waals surface area contributed by atoms with Gasteiger partial charge in [0.1, 0.15) is 5.54 Å². The second-order valence-corrected chi connectivity index (χ2v) is 5.02. The number of thioether (sulfide) groups is 1. The molecule has 2 N–H and O–H groups in total. The Hall–Kier alpha value is -0.200. The Bertz CT molecular complexity index is 172. The van der Waals surface area contributed by atoms with Gasteiger partial charge >= 0.3 is 0 Å². The van der Waals surface area contributed by atoms with E-state index in [1.54, 1.807) is 6.92 Å². The summed E-state index contributed by atoms with van der Waals surface area (Å²) in [5.74, 6) is 2.94. The molecule has 2 atom stereocenters. The summed E-state index contributed by atoms with van der Waals surface area (Å²) < 4.78 is 0. The average molecular weight is 200 g/mol. The standard InChI is InChI=1S/C10H20N2S/c1-4-9(2)7-13-6-5-10(3,12)8-11/h9H,4-7,12H2,1-3H3. The van der Waals surface area contributed by atoms with Crippen LogP contribution < -0.4 is 5.73 Å². The summed E-state index contributed by atoms with van der Waals surface area (Å²) in [5, 5.41) is 8.66. The molecule has 0 fully saturated rings. The average Bonchev–Trinajstić information content (AvgIpc) is 2.12. The van der Waals surface area contributed by atoms with Gasteiger partial charge in [0.25, 0.3) is 0 Å². The van der Waals surface area contributed by atoms with Gasteiger partial charge in [-0.25, -0.2) is 0 Å². The van der Waals surface area contributed by atoms with Crippen molar-refractivity contribution in [3.63, 3.8) is 0 Å². The number of hydrogen-bond donors (Lipinski definition) is 1. The van der Waals surface area contributed by atoms with Crippen LogP contribution in [0.5, 0.6) is 0 Å². The van der Waals surface area contributed by atoms with E-state index in [1.807, 2.05) is 11.8 Å². The minimum Gasteiger partial charge on any atom is -0.314 e. The molecule has 0 aromatic carbocycles. The lowest BCUT2D eigenvalue weighted by Crippen LogP contribution is -2.34. The third kappa shape index (κ3) is 6.92. The topological polar surface area (TPSA) is 49.8 Å². The van der Waals surface area contributed by atoms with Crippen LogP contribution in [0.4, 0.5) is 0 Å². The summed E-state index contributed by atoms with van der Waals surface area (Å²) in [4.78, 5) is 0. The molecule has 76 valence electrons. The lowest BCUT2D eigenvalue weighted by Gasteiger charge is -2.15. The Kier molecular flexibility index (Phi) is 6.19. The number of nitrogens with two attached hydrogens (primary N) is 1. The third-order valence-corrected chi connectivity index (χ3v) is 3.42. The third-order valence-electron chi connectivity index (χ3n) is 2.12. The van der Waals surface area contributed by atoms with Crippen molar-refractivity contribution in [1.29, 1.82) is 5.26 Å². The fourth-order valence-electron chi connectivity index (χ4n) is 0.742. The Balaban J connectivity index is 3.42. The van der Waals surface area contributed by atoms with Crippen LogP contribution in [0.15, 0.2) is 0 Å². The maximum Gasteiger partial charge on any atom is 0.102 e. The maximum absolute atomic E-state index is 8.66. The van der Waals surface area contributed by atoms with Crippen molar-refractivity contribution < 1.29 is 0 Å². The van der Waals surface area contributed by atoms with E-state index in [0.29, 0.717) is 0 Å². The van der Waals surface area contributed by atoms with Crippen molar-refractivity contribution in [3.05, 3.63) is 0 Å². The van der Waals surface area contributed by atoms with E-state index in [2.05, 4.69) is 19.9 Å². The first-order valence-electron chi connectivity index (χ1n) is 4.79. The highest BCUT2D eigenvalue weighted by atomic mass is 32.2. The molecular formula is C10H20N2S. The van der Waals surface area contributed by atoms with E-state index < -0.39 is 5.54 Å². The van der Waals surface area contributed by atoms with E-state index >= 15 is 0 Å². The Morgan fingerprint density at radius 1 is 1.62 bits per heavy atom. The van der Waals surface area contributed by atoms with Crippen LogP contribution in [-0.4, -0.2) is 17.0 Å². The molecule has 0 bridgehead atoms. The first-order chi connectivity index (χ1) is 6.02. The quantitative estimate of drug-likeness (QED) is 0.670. The molecular weight excluding hydrogens is 180 g/mol. The van der Waals surface area contributed by atoms with Crippen molar-refractivity contribution in [3.8, 4) is 6.07 Å². The van der Waals surface area contributed by atoms with E-state index in [9.17, 15) is 0 Å². The molecule has 0 saturated carbocycles. The minimum atomic E-state index is -0.636. The molecule has 0 aromatic rings. The molecule has 0 radical (unpaired) electrons. The molecule has 3 heteroatoms. The smallest absolute Gasteiger partial charge is 0.102 e. The fourth-order valence-corrected chi connectivity index (χ4v) is 2.12. The van der Waals surface area contributed by atoms with Gasteiger partial charge in [-0.2, -0.15) is 17.0 Å². The zero-order chi connectivity index (χ0) is 10.3. The second-order valence-electron chi connectivity index (χ2n) is 3.87. The van der Waals surface area contributed by atoms with Crippen LogP contribution in [0, 0.1) is 17.2 Å². The zero-order valence-electron chi connectivity index (χ0n) is 8.84. The highest BCUT2D eigenvalue weighted by Crippen LogP contribution is 2.15. The van der Waals surface area contributed by atoms with Crippen molar-refractivity contribution in [2.45, 2.75) is 39.2 Å². The van der Waals surface area contributed by atoms with Gasteiger partial charge in [0, 0.05) is 0 Å². The molecule has 0 heterocycles.